The van der Waals surface area contributed by atoms with Gasteiger partial charge in [0.05, 0.1) is 0 Å². The van der Waals surface area contributed by atoms with Crippen LogP contribution in [0, 0.1) is 0 Å². The molecule has 2 aromatic carbocycles. The molecule has 0 bridgehead atoms. The molecule has 1 aliphatic carbocycles. The fourth-order valence-corrected chi connectivity index (χ4v) is 5.38. The zero-order valence-corrected chi connectivity index (χ0v) is 10.6. The molecule has 2 aromatic rings. The molecule has 0 aromatic heterocycles. The average Bonchev–Trinajstić information content (AvgIpc) is 3.24. The van der Waals surface area contributed by atoms with Gasteiger partial charge in [0.1, 0.15) is 0 Å². The van der Waals surface area contributed by atoms with Gasteiger partial charge in [-0.15, -0.1) is 0 Å². The van der Waals surface area contributed by atoms with E-state index in [9.17, 15) is 0 Å². The molecule has 1 saturated carbocycles. The van der Waals surface area contributed by atoms with Crippen LogP contribution in [0.5, 0.6) is 0 Å². The first kappa shape index (κ1) is 10.8. The first-order valence-electron chi connectivity index (χ1n) is 5.96. The standard InChI is InChI=1S/C15H16NP/c16-17(15-11-12-15,13-7-3-1-4-8-13)14-9-5-2-6-10-14/h1-10H,11-12,16H2. The van der Waals surface area contributed by atoms with Gasteiger partial charge in [-0.3, -0.25) is 0 Å². The number of rotatable bonds is 2. The van der Waals surface area contributed by atoms with Crippen molar-refractivity contribution in [2.45, 2.75) is 12.8 Å². The Bertz CT molecular complexity index is 523. The Hall–Kier alpha value is -1.30. The summed E-state index contributed by atoms with van der Waals surface area (Å²) < 4.78 is 0. The Morgan fingerprint density at radius 3 is 1.47 bits per heavy atom. The van der Waals surface area contributed by atoms with Crippen molar-refractivity contribution < 1.29 is 0 Å². The normalized spacial score (nSPS) is 14.8. The highest BCUT2D eigenvalue weighted by molar-refractivity contribution is 7.87. The smallest absolute Gasteiger partial charge is 0.00358 e. The van der Waals surface area contributed by atoms with Gasteiger partial charge in [-0.25, -0.2) is 0 Å². The van der Waals surface area contributed by atoms with Gasteiger partial charge in [0.25, 0.3) is 0 Å². The summed E-state index contributed by atoms with van der Waals surface area (Å²) in [6.07, 6.45) is 2.40. The van der Waals surface area contributed by atoms with E-state index in [1.807, 2.05) is 0 Å². The third-order valence-corrected chi connectivity index (χ3v) is 6.97. The second kappa shape index (κ2) is 4.18. The van der Waals surface area contributed by atoms with E-state index in [2.05, 4.69) is 60.7 Å². The lowest BCUT2D eigenvalue weighted by atomic mass is 10.4. The summed E-state index contributed by atoms with van der Waals surface area (Å²) in [5, 5.41) is 4.16. The summed E-state index contributed by atoms with van der Waals surface area (Å²) in [5.74, 6) is 0. The molecular weight excluding hydrogens is 225 g/mol. The van der Waals surface area contributed by atoms with Crippen molar-refractivity contribution in [3.8, 4) is 0 Å². The Balaban J connectivity index is 2.24. The summed E-state index contributed by atoms with van der Waals surface area (Å²) in [7, 11) is -1.72. The monoisotopic (exact) mass is 241 g/mol. The van der Waals surface area contributed by atoms with Gasteiger partial charge in [0.2, 0.25) is 0 Å². The molecule has 0 saturated heterocycles. The molecule has 0 radical (unpaired) electrons. The molecule has 0 atom stereocenters. The molecule has 0 amide bonds. The predicted octanol–water partition coefficient (Wildman–Crippen LogP) is 2.49. The van der Waals surface area contributed by atoms with Crippen LogP contribution in [0.2, 0.25) is 0 Å². The van der Waals surface area contributed by atoms with Crippen LogP contribution in [0.1, 0.15) is 12.8 Å². The van der Waals surface area contributed by atoms with Crippen LogP contribution in [0.15, 0.2) is 60.7 Å². The van der Waals surface area contributed by atoms with Gasteiger partial charge in [0, 0.05) is 7.04 Å². The molecule has 0 spiro atoms. The largest absolute Gasteiger partial charge is 0.304 e. The molecule has 1 aliphatic rings. The van der Waals surface area contributed by atoms with E-state index >= 15 is 0 Å². The van der Waals surface area contributed by atoms with E-state index in [1.54, 1.807) is 5.29 Å². The zero-order chi connectivity index (χ0) is 11.7. The molecule has 0 unspecified atom stereocenters. The van der Waals surface area contributed by atoms with Gasteiger partial charge >= 0.3 is 0 Å². The van der Waals surface area contributed by atoms with E-state index < -0.39 is 7.04 Å². The van der Waals surface area contributed by atoms with Crippen molar-refractivity contribution in [2.24, 2.45) is 5.50 Å². The first-order valence-corrected chi connectivity index (χ1v) is 7.82. The number of benzene rings is 2. The fourth-order valence-electron chi connectivity index (χ4n) is 2.25. The molecule has 3 rings (SSSR count). The van der Waals surface area contributed by atoms with Crippen molar-refractivity contribution in [1.29, 1.82) is 0 Å². The van der Waals surface area contributed by atoms with Gasteiger partial charge in [-0.1, -0.05) is 66.0 Å². The molecule has 0 heterocycles. The molecule has 86 valence electrons. The molecule has 1 nitrogen and oxygen atoms in total. The molecule has 1 fully saturated rings. The van der Waals surface area contributed by atoms with Gasteiger partial charge in [-0.05, 0) is 23.5 Å². The quantitative estimate of drug-likeness (QED) is 0.803. The number of nitrogens with two attached hydrogens (primary N) is 1. The zero-order valence-electron chi connectivity index (χ0n) is 9.71. The molecular formula is C15H16NP. The maximum atomic E-state index is 6.82. The van der Waals surface area contributed by atoms with E-state index in [1.165, 1.54) is 23.5 Å². The van der Waals surface area contributed by atoms with Crippen LogP contribution in [0.4, 0.5) is 0 Å². The Labute approximate surface area is 102 Å². The fraction of sp³-hybridized carbons (Fsp3) is 0.133. The third-order valence-electron chi connectivity index (χ3n) is 3.30. The van der Waals surface area contributed by atoms with Crippen LogP contribution in [-0.2, 0) is 0 Å². The van der Waals surface area contributed by atoms with Crippen molar-refractivity contribution in [3.05, 3.63) is 60.7 Å². The minimum Gasteiger partial charge on any atom is -0.304 e. The number of hydrogen-bond donors (Lipinski definition) is 1. The lowest BCUT2D eigenvalue weighted by molar-refractivity contribution is 1.50. The van der Waals surface area contributed by atoms with Crippen molar-refractivity contribution >= 4 is 22.9 Å². The SMILES string of the molecule is NP(=C1CC1)(c1ccccc1)c1ccccc1. The first-order chi connectivity index (χ1) is 8.32. The van der Waals surface area contributed by atoms with Gasteiger partial charge < -0.3 is 5.50 Å². The molecule has 2 heteroatoms. The minimum atomic E-state index is -1.72. The predicted molar refractivity (Wildman–Crippen MR) is 77.5 cm³/mol. The summed E-state index contributed by atoms with van der Waals surface area (Å²) in [6, 6.07) is 21.1. The summed E-state index contributed by atoms with van der Waals surface area (Å²) in [4.78, 5) is 0. The van der Waals surface area contributed by atoms with E-state index in [0.717, 1.165) is 0 Å². The molecule has 2 N–H and O–H groups in total. The topological polar surface area (TPSA) is 26.0 Å². The van der Waals surface area contributed by atoms with E-state index in [0.29, 0.717) is 0 Å². The van der Waals surface area contributed by atoms with Gasteiger partial charge in [0.15, 0.2) is 0 Å². The minimum absolute atomic E-state index is 1.20. The molecule has 17 heavy (non-hydrogen) atoms. The highest BCUT2D eigenvalue weighted by Crippen LogP contribution is 2.45. The third kappa shape index (κ3) is 1.86. The van der Waals surface area contributed by atoms with Crippen LogP contribution in [0.25, 0.3) is 0 Å². The van der Waals surface area contributed by atoms with Crippen molar-refractivity contribution in [2.75, 3.05) is 0 Å². The second-order valence-electron chi connectivity index (χ2n) is 4.46. The summed E-state index contributed by atoms with van der Waals surface area (Å²) in [6.45, 7) is 0. The maximum Gasteiger partial charge on any atom is 0.00358 e. The van der Waals surface area contributed by atoms with Crippen molar-refractivity contribution in [1.82, 2.24) is 0 Å². The molecule has 0 aliphatic heterocycles. The Morgan fingerprint density at radius 2 is 1.12 bits per heavy atom. The Kier molecular flexibility index (Phi) is 2.66. The van der Waals surface area contributed by atoms with Crippen LogP contribution in [0.3, 0.4) is 0 Å². The van der Waals surface area contributed by atoms with Gasteiger partial charge in [-0.2, -0.15) is 0 Å². The second-order valence-corrected chi connectivity index (χ2v) is 7.57. The van der Waals surface area contributed by atoms with Crippen LogP contribution in [-0.4, -0.2) is 5.29 Å². The highest BCUT2D eigenvalue weighted by atomic mass is 31.2. The lowest BCUT2D eigenvalue weighted by Gasteiger charge is -2.22. The summed E-state index contributed by atoms with van der Waals surface area (Å²) in [5.41, 5.74) is 6.82. The number of hydrogen-bond acceptors (Lipinski definition) is 1. The maximum absolute atomic E-state index is 6.82. The highest BCUT2D eigenvalue weighted by Gasteiger charge is 2.28. The summed E-state index contributed by atoms with van der Waals surface area (Å²) >= 11 is 0. The van der Waals surface area contributed by atoms with Crippen molar-refractivity contribution in [3.63, 3.8) is 0 Å². The van der Waals surface area contributed by atoms with E-state index in [4.69, 9.17) is 5.50 Å². The van der Waals surface area contributed by atoms with Crippen LogP contribution < -0.4 is 16.1 Å². The average molecular weight is 241 g/mol. The lowest BCUT2D eigenvalue weighted by Crippen LogP contribution is -2.24. The van der Waals surface area contributed by atoms with Crippen LogP contribution >= 0.6 is 7.04 Å². The van der Waals surface area contributed by atoms with E-state index in [-0.39, 0.29) is 0 Å². The Morgan fingerprint density at radius 1 is 0.706 bits per heavy atom.